The van der Waals surface area contributed by atoms with E-state index in [0.717, 1.165) is 32.5 Å². The van der Waals surface area contributed by atoms with Gasteiger partial charge in [-0.3, -0.25) is 4.79 Å². The minimum absolute atomic E-state index is 0.153. The minimum Gasteiger partial charge on any atom is -0.376 e. The molecule has 0 spiro atoms. The zero-order chi connectivity index (χ0) is 13.1. The smallest absolute Gasteiger partial charge is 0.254 e. The number of carbonyl (C=O) groups excluding carboxylic acids is 1. The van der Waals surface area contributed by atoms with Crippen LogP contribution in [0, 0.1) is 5.92 Å². The highest BCUT2D eigenvalue weighted by Crippen LogP contribution is 2.30. The number of rotatable bonds is 2. The van der Waals surface area contributed by atoms with Crippen molar-refractivity contribution in [1.82, 2.24) is 10.2 Å². The van der Waals surface area contributed by atoms with Gasteiger partial charge in [-0.1, -0.05) is 0 Å². The van der Waals surface area contributed by atoms with Crippen molar-refractivity contribution in [3.63, 3.8) is 0 Å². The third-order valence-electron chi connectivity index (χ3n) is 4.60. The van der Waals surface area contributed by atoms with Crippen LogP contribution in [-0.4, -0.2) is 62.4 Å². The lowest BCUT2D eigenvalue weighted by atomic mass is 9.88. The first kappa shape index (κ1) is 13.3. The Morgan fingerprint density at radius 1 is 1.16 bits per heavy atom. The Labute approximate surface area is 114 Å². The van der Waals surface area contributed by atoms with E-state index in [4.69, 9.17) is 9.47 Å². The van der Waals surface area contributed by atoms with E-state index in [1.165, 1.54) is 12.8 Å². The third-order valence-corrected chi connectivity index (χ3v) is 4.60. The van der Waals surface area contributed by atoms with Crippen molar-refractivity contribution in [3.05, 3.63) is 0 Å². The van der Waals surface area contributed by atoms with Gasteiger partial charge in [-0.05, 0) is 44.7 Å². The van der Waals surface area contributed by atoms with E-state index in [1.807, 2.05) is 0 Å². The molecule has 2 atom stereocenters. The standard InChI is InChI=1S/C14H24N2O3/c17-14(13-10-18-8-9-19-13)16-7-1-2-12(16)11-3-5-15-6-4-11/h11-13,15H,1-10H2/t12-,13-/m0/s1. The number of nitrogens with one attached hydrogen (secondary N) is 1. The molecule has 3 aliphatic rings. The zero-order valence-electron chi connectivity index (χ0n) is 11.5. The Hall–Kier alpha value is -0.650. The first-order valence-electron chi connectivity index (χ1n) is 7.57. The van der Waals surface area contributed by atoms with Gasteiger partial charge in [0.15, 0.2) is 6.10 Å². The predicted octanol–water partition coefficient (Wildman–Crippen LogP) is 0.392. The fourth-order valence-electron chi connectivity index (χ4n) is 3.60. The maximum atomic E-state index is 12.6. The van der Waals surface area contributed by atoms with Gasteiger partial charge in [-0.15, -0.1) is 0 Å². The average Bonchev–Trinajstić information content (AvgIpc) is 2.98. The molecule has 0 bridgehead atoms. The average molecular weight is 268 g/mol. The predicted molar refractivity (Wildman–Crippen MR) is 70.9 cm³/mol. The van der Waals surface area contributed by atoms with E-state index in [1.54, 1.807) is 0 Å². The second-order valence-corrected chi connectivity index (χ2v) is 5.76. The minimum atomic E-state index is -0.365. The van der Waals surface area contributed by atoms with Crippen LogP contribution in [0.25, 0.3) is 0 Å². The maximum absolute atomic E-state index is 12.6. The Morgan fingerprint density at radius 3 is 2.74 bits per heavy atom. The van der Waals surface area contributed by atoms with E-state index in [9.17, 15) is 4.79 Å². The number of piperidine rings is 1. The largest absolute Gasteiger partial charge is 0.376 e. The molecule has 5 nitrogen and oxygen atoms in total. The molecular formula is C14H24N2O3. The lowest BCUT2D eigenvalue weighted by Gasteiger charge is -2.36. The summed E-state index contributed by atoms with van der Waals surface area (Å²) in [6.45, 7) is 4.66. The number of amides is 1. The van der Waals surface area contributed by atoms with E-state index in [2.05, 4.69) is 10.2 Å². The maximum Gasteiger partial charge on any atom is 0.254 e. The van der Waals surface area contributed by atoms with Crippen molar-refractivity contribution in [2.45, 2.75) is 37.8 Å². The summed E-state index contributed by atoms with van der Waals surface area (Å²) in [5, 5.41) is 3.40. The third kappa shape index (κ3) is 2.93. The van der Waals surface area contributed by atoms with Gasteiger partial charge in [0.05, 0.1) is 19.8 Å². The summed E-state index contributed by atoms with van der Waals surface area (Å²) in [4.78, 5) is 14.6. The molecule has 5 heteroatoms. The SMILES string of the molecule is O=C([C@@H]1COCCO1)N1CCC[C@H]1C1CCNCC1. The van der Waals surface area contributed by atoms with E-state index < -0.39 is 0 Å². The number of nitrogens with zero attached hydrogens (tertiary/aromatic N) is 1. The molecule has 0 aliphatic carbocycles. The van der Waals surface area contributed by atoms with Crippen molar-refractivity contribution in [1.29, 1.82) is 0 Å². The van der Waals surface area contributed by atoms with Crippen LogP contribution in [0.4, 0.5) is 0 Å². The molecule has 0 aromatic carbocycles. The molecule has 3 heterocycles. The summed E-state index contributed by atoms with van der Waals surface area (Å²) in [5.41, 5.74) is 0. The van der Waals surface area contributed by atoms with Gasteiger partial charge in [0.1, 0.15) is 0 Å². The summed E-state index contributed by atoms with van der Waals surface area (Å²) in [6.07, 6.45) is 4.31. The van der Waals surface area contributed by atoms with Gasteiger partial charge < -0.3 is 19.7 Å². The second kappa shape index (κ2) is 6.20. The summed E-state index contributed by atoms with van der Waals surface area (Å²) in [5.74, 6) is 0.818. The number of hydrogen-bond donors (Lipinski definition) is 1. The molecule has 3 aliphatic heterocycles. The highest BCUT2D eigenvalue weighted by atomic mass is 16.6. The summed E-state index contributed by atoms with van der Waals surface area (Å²) in [7, 11) is 0. The van der Waals surface area contributed by atoms with Crippen LogP contribution in [0.3, 0.4) is 0 Å². The van der Waals surface area contributed by atoms with Gasteiger partial charge in [0, 0.05) is 12.6 Å². The fraction of sp³-hybridized carbons (Fsp3) is 0.929. The molecule has 108 valence electrons. The van der Waals surface area contributed by atoms with Gasteiger partial charge in [-0.2, -0.15) is 0 Å². The van der Waals surface area contributed by atoms with Crippen LogP contribution in [0.2, 0.25) is 0 Å². The topological polar surface area (TPSA) is 50.8 Å². The molecule has 0 unspecified atom stereocenters. The van der Waals surface area contributed by atoms with Gasteiger partial charge >= 0.3 is 0 Å². The Kier molecular flexibility index (Phi) is 4.35. The highest BCUT2D eigenvalue weighted by Gasteiger charge is 2.38. The Morgan fingerprint density at radius 2 is 2.00 bits per heavy atom. The molecule has 3 fully saturated rings. The molecule has 19 heavy (non-hydrogen) atoms. The van der Waals surface area contributed by atoms with Gasteiger partial charge in [0.25, 0.3) is 5.91 Å². The molecule has 0 aromatic rings. The van der Waals surface area contributed by atoms with Crippen molar-refractivity contribution in [2.24, 2.45) is 5.92 Å². The van der Waals surface area contributed by atoms with Crippen molar-refractivity contribution in [2.75, 3.05) is 39.5 Å². The summed E-state index contributed by atoms with van der Waals surface area (Å²) in [6, 6.07) is 0.431. The summed E-state index contributed by atoms with van der Waals surface area (Å²) >= 11 is 0. The van der Waals surface area contributed by atoms with Crippen LogP contribution >= 0.6 is 0 Å². The quantitative estimate of drug-likeness (QED) is 0.787. The molecule has 3 rings (SSSR count). The number of hydrogen-bond acceptors (Lipinski definition) is 4. The molecule has 0 saturated carbocycles. The molecule has 0 aromatic heterocycles. The Bertz CT molecular complexity index is 312. The van der Waals surface area contributed by atoms with Crippen molar-refractivity contribution < 1.29 is 14.3 Å². The first-order chi connectivity index (χ1) is 9.36. The monoisotopic (exact) mass is 268 g/mol. The van der Waals surface area contributed by atoms with E-state index >= 15 is 0 Å². The Balaban J connectivity index is 1.62. The van der Waals surface area contributed by atoms with Gasteiger partial charge in [0.2, 0.25) is 0 Å². The van der Waals surface area contributed by atoms with Crippen LogP contribution in [0.5, 0.6) is 0 Å². The molecule has 0 radical (unpaired) electrons. The molecule has 3 saturated heterocycles. The number of ether oxygens (including phenoxy) is 2. The van der Waals surface area contributed by atoms with E-state index in [0.29, 0.717) is 31.8 Å². The lowest BCUT2D eigenvalue weighted by Crippen LogP contribution is -2.50. The van der Waals surface area contributed by atoms with Crippen LogP contribution in [0.1, 0.15) is 25.7 Å². The molecule has 1 amide bonds. The summed E-state index contributed by atoms with van der Waals surface area (Å²) < 4.78 is 10.9. The van der Waals surface area contributed by atoms with Crippen molar-refractivity contribution >= 4 is 5.91 Å². The van der Waals surface area contributed by atoms with Gasteiger partial charge in [-0.25, -0.2) is 0 Å². The van der Waals surface area contributed by atoms with Crippen LogP contribution in [0.15, 0.2) is 0 Å². The molecular weight excluding hydrogens is 244 g/mol. The second-order valence-electron chi connectivity index (χ2n) is 5.76. The number of carbonyl (C=O) groups is 1. The lowest BCUT2D eigenvalue weighted by molar-refractivity contribution is -0.159. The van der Waals surface area contributed by atoms with Crippen LogP contribution < -0.4 is 5.32 Å². The molecule has 1 N–H and O–H groups in total. The number of likely N-dealkylation sites (tertiary alicyclic amines) is 1. The van der Waals surface area contributed by atoms with E-state index in [-0.39, 0.29) is 12.0 Å². The highest BCUT2D eigenvalue weighted by molar-refractivity contribution is 5.81. The fourth-order valence-corrected chi connectivity index (χ4v) is 3.60. The normalized spacial score (nSPS) is 33.6. The van der Waals surface area contributed by atoms with Crippen LogP contribution in [-0.2, 0) is 14.3 Å². The van der Waals surface area contributed by atoms with Crippen molar-refractivity contribution in [3.8, 4) is 0 Å². The zero-order valence-corrected chi connectivity index (χ0v) is 11.5. The first-order valence-corrected chi connectivity index (χ1v) is 7.57.